The number of methoxy groups -OCH3 is 1. The largest absolute Gasteiger partial charge is 0.390 e. The maximum absolute atomic E-state index is 9.71. The topological polar surface area (TPSA) is 29.5 Å². The first-order valence-corrected chi connectivity index (χ1v) is 5.08. The van der Waals surface area contributed by atoms with Crippen LogP contribution >= 0.6 is 0 Å². The lowest BCUT2D eigenvalue weighted by atomic mass is 10.0. The Kier molecular flexibility index (Phi) is 8.05. The summed E-state index contributed by atoms with van der Waals surface area (Å²) in [5, 5.41) is 9.71. The molecule has 0 fully saturated rings. The lowest BCUT2D eigenvalue weighted by Gasteiger charge is -2.20. The van der Waals surface area contributed by atoms with Gasteiger partial charge in [-0.25, -0.2) is 0 Å². The molecule has 0 heterocycles. The second kappa shape index (κ2) is 8.27. The highest BCUT2D eigenvalue weighted by molar-refractivity contribution is 4.72. The molecule has 2 heteroatoms. The van der Waals surface area contributed by atoms with Gasteiger partial charge in [0.15, 0.2) is 0 Å². The summed E-state index contributed by atoms with van der Waals surface area (Å²) in [5.41, 5.74) is 0. The van der Waals surface area contributed by atoms with Crippen molar-refractivity contribution >= 4 is 0 Å². The van der Waals surface area contributed by atoms with Gasteiger partial charge in [0.05, 0.1) is 12.2 Å². The summed E-state index contributed by atoms with van der Waals surface area (Å²) < 4.78 is 5.21. The maximum Gasteiger partial charge on any atom is 0.0830 e. The molecule has 0 aromatic carbocycles. The summed E-state index contributed by atoms with van der Waals surface area (Å²) in [6.07, 6.45) is 6.34. The molecule has 0 saturated carbocycles. The van der Waals surface area contributed by atoms with E-state index in [-0.39, 0.29) is 12.2 Å². The number of rotatable bonds is 8. The maximum atomic E-state index is 9.71. The third kappa shape index (κ3) is 5.83. The Morgan fingerprint density at radius 3 is 2.62 bits per heavy atom. The highest BCUT2D eigenvalue weighted by Gasteiger charge is 2.16. The third-order valence-electron chi connectivity index (χ3n) is 2.21. The van der Waals surface area contributed by atoms with Crippen molar-refractivity contribution in [3.8, 4) is 0 Å². The van der Waals surface area contributed by atoms with E-state index in [0.717, 1.165) is 32.1 Å². The van der Waals surface area contributed by atoms with Gasteiger partial charge in [-0.05, 0) is 25.7 Å². The standard InChI is InChI=1S/C11H22O2/c1-4-6-7-9-10(12)11(13-3)8-5-2/h4,10-12H,1,5-9H2,2-3H3. The van der Waals surface area contributed by atoms with Gasteiger partial charge in [-0.3, -0.25) is 0 Å². The predicted molar refractivity (Wildman–Crippen MR) is 55.8 cm³/mol. The van der Waals surface area contributed by atoms with Crippen LogP contribution in [0.25, 0.3) is 0 Å². The molecule has 0 aliphatic rings. The Morgan fingerprint density at radius 2 is 2.15 bits per heavy atom. The highest BCUT2D eigenvalue weighted by atomic mass is 16.5. The summed E-state index contributed by atoms with van der Waals surface area (Å²) in [7, 11) is 1.66. The van der Waals surface area contributed by atoms with E-state index in [1.807, 2.05) is 6.08 Å². The quantitative estimate of drug-likeness (QED) is 0.466. The molecular weight excluding hydrogens is 164 g/mol. The van der Waals surface area contributed by atoms with Gasteiger partial charge in [-0.1, -0.05) is 19.4 Å². The Morgan fingerprint density at radius 1 is 1.46 bits per heavy atom. The zero-order valence-corrected chi connectivity index (χ0v) is 8.83. The minimum atomic E-state index is -0.315. The smallest absolute Gasteiger partial charge is 0.0830 e. The molecule has 0 aliphatic carbocycles. The van der Waals surface area contributed by atoms with E-state index < -0.39 is 0 Å². The van der Waals surface area contributed by atoms with Crippen LogP contribution in [0, 0.1) is 0 Å². The first kappa shape index (κ1) is 12.7. The van der Waals surface area contributed by atoms with E-state index in [1.165, 1.54) is 0 Å². The fourth-order valence-electron chi connectivity index (χ4n) is 1.41. The van der Waals surface area contributed by atoms with Crippen LogP contribution in [0.1, 0.15) is 39.0 Å². The van der Waals surface area contributed by atoms with E-state index >= 15 is 0 Å². The van der Waals surface area contributed by atoms with Crippen LogP contribution in [0.3, 0.4) is 0 Å². The van der Waals surface area contributed by atoms with Gasteiger partial charge in [0, 0.05) is 7.11 Å². The molecule has 0 saturated heterocycles. The number of aliphatic hydroxyl groups excluding tert-OH is 1. The number of ether oxygens (including phenoxy) is 1. The molecule has 0 rings (SSSR count). The lowest BCUT2D eigenvalue weighted by molar-refractivity contribution is -0.0208. The number of aliphatic hydroxyl groups is 1. The third-order valence-corrected chi connectivity index (χ3v) is 2.21. The van der Waals surface area contributed by atoms with Crippen LogP contribution in [0.5, 0.6) is 0 Å². The molecule has 2 nitrogen and oxygen atoms in total. The second-order valence-electron chi connectivity index (χ2n) is 3.35. The number of hydrogen-bond acceptors (Lipinski definition) is 2. The molecule has 0 aromatic heterocycles. The molecular formula is C11H22O2. The van der Waals surface area contributed by atoms with Gasteiger partial charge in [0.25, 0.3) is 0 Å². The van der Waals surface area contributed by atoms with Crippen molar-refractivity contribution in [2.45, 2.75) is 51.2 Å². The lowest BCUT2D eigenvalue weighted by Crippen LogP contribution is -2.27. The highest BCUT2D eigenvalue weighted by Crippen LogP contribution is 2.12. The number of unbranched alkanes of at least 4 members (excludes halogenated alkanes) is 1. The Labute approximate surface area is 81.6 Å². The van der Waals surface area contributed by atoms with E-state index in [0.29, 0.717) is 0 Å². The molecule has 2 unspecified atom stereocenters. The molecule has 78 valence electrons. The number of allylic oxidation sites excluding steroid dienone is 1. The van der Waals surface area contributed by atoms with Crippen molar-refractivity contribution in [3.63, 3.8) is 0 Å². The van der Waals surface area contributed by atoms with Gasteiger partial charge >= 0.3 is 0 Å². The Balaban J connectivity index is 3.62. The van der Waals surface area contributed by atoms with Crippen LogP contribution in [0.4, 0.5) is 0 Å². The minimum absolute atomic E-state index is 0.00909. The van der Waals surface area contributed by atoms with Crippen molar-refractivity contribution in [1.82, 2.24) is 0 Å². The van der Waals surface area contributed by atoms with Crippen LogP contribution in [-0.2, 0) is 4.74 Å². The van der Waals surface area contributed by atoms with Crippen LogP contribution in [0.2, 0.25) is 0 Å². The zero-order chi connectivity index (χ0) is 10.1. The summed E-state index contributed by atoms with van der Waals surface area (Å²) in [6.45, 7) is 5.75. The van der Waals surface area contributed by atoms with E-state index in [4.69, 9.17) is 4.74 Å². The molecule has 2 atom stereocenters. The molecule has 0 aliphatic heterocycles. The van der Waals surface area contributed by atoms with Gasteiger partial charge in [-0.15, -0.1) is 6.58 Å². The van der Waals surface area contributed by atoms with Crippen molar-refractivity contribution < 1.29 is 9.84 Å². The normalized spacial score (nSPS) is 15.3. The fraction of sp³-hybridized carbons (Fsp3) is 0.818. The second-order valence-corrected chi connectivity index (χ2v) is 3.35. The summed E-state index contributed by atoms with van der Waals surface area (Å²) >= 11 is 0. The first-order valence-electron chi connectivity index (χ1n) is 5.08. The van der Waals surface area contributed by atoms with E-state index in [9.17, 15) is 5.11 Å². The molecule has 0 aromatic rings. The predicted octanol–water partition coefficient (Wildman–Crippen LogP) is 2.52. The first-order chi connectivity index (χ1) is 6.26. The fourth-order valence-corrected chi connectivity index (χ4v) is 1.41. The molecule has 0 spiro atoms. The van der Waals surface area contributed by atoms with Gasteiger partial charge in [-0.2, -0.15) is 0 Å². The SMILES string of the molecule is C=CCCCC(O)C(CCC)OC. The van der Waals surface area contributed by atoms with Crippen LogP contribution in [-0.4, -0.2) is 24.4 Å². The Bertz CT molecular complexity index is 123. The molecule has 0 radical (unpaired) electrons. The Hall–Kier alpha value is -0.340. The molecule has 0 bridgehead atoms. The number of hydrogen-bond donors (Lipinski definition) is 1. The monoisotopic (exact) mass is 186 g/mol. The van der Waals surface area contributed by atoms with Gasteiger partial charge in [0.2, 0.25) is 0 Å². The van der Waals surface area contributed by atoms with E-state index in [1.54, 1.807) is 7.11 Å². The zero-order valence-electron chi connectivity index (χ0n) is 8.83. The average Bonchev–Trinajstić information content (AvgIpc) is 2.14. The summed E-state index contributed by atoms with van der Waals surface area (Å²) in [5.74, 6) is 0. The summed E-state index contributed by atoms with van der Waals surface area (Å²) in [6, 6.07) is 0. The molecule has 0 amide bonds. The van der Waals surface area contributed by atoms with E-state index in [2.05, 4.69) is 13.5 Å². The van der Waals surface area contributed by atoms with Gasteiger partial charge < -0.3 is 9.84 Å². The summed E-state index contributed by atoms with van der Waals surface area (Å²) in [4.78, 5) is 0. The van der Waals surface area contributed by atoms with Crippen LogP contribution < -0.4 is 0 Å². The van der Waals surface area contributed by atoms with Crippen molar-refractivity contribution in [1.29, 1.82) is 0 Å². The average molecular weight is 186 g/mol. The van der Waals surface area contributed by atoms with Crippen molar-refractivity contribution in [3.05, 3.63) is 12.7 Å². The molecule has 13 heavy (non-hydrogen) atoms. The van der Waals surface area contributed by atoms with Crippen LogP contribution in [0.15, 0.2) is 12.7 Å². The van der Waals surface area contributed by atoms with Crippen molar-refractivity contribution in [2.75, 3.05) is 7.11 Å². The molecule has 1 N–H and O–H groups in total. The van der Waals surface area contributed by atoms with Gasteiger partial charge in [0.1, 0.15) is 0 Å². The van der Waals surface area contributed by atoms with Crippen molar-refractivity contribution in [2.24, 2.45) is 0 Å². The minimum Gasteiger partial charge on any atom is -0.390 e.